The minimum atomic E-state index is 0.260. The Kier molecular flexibility index (Phi) is 4.63. The predicted molar refractivity (Wildman–Crippen MR) is 53.3 cm³/mol. The molecule has 1 aliphatic heterocycles. The highest BCUT2D eigenvalue weighted by atomic mass is 32.2. The fraction of sp³-hybridized carbons (Fsp3) is 0.714. The molecule has 5 heteroatoms. The van der Waals surface area contributed by atoms with Gasteiger partial charge in [0.1, 0.15) is 6.29 Å². The fourth-order valence-electron chi connectivity index (χ4n) is 1.04. The number of hydrogen-bond acceptors (Lipinski definition) is 5. The van der Waals surface area contributed by atoms with Crippen LogP contribution in [-0.2, 0) is 0 Å². The average molecular weight is 188 g/mol. The van der Waals surface area contributed by atoms with Crippen molar-refractivity contribution in [3.8, 4) is 0 Å². The van der Waals surface area contributed by atoms with Crippen molar-refractivity contribution < 1.29 is 0 Å². The molecule has 1 heterocycles. The Hall–Kier alpha value is -0.0700. The Bertz CT molecular complexity index is 141. The van der Waals surface area contributed by atoms with Crippen LogP contribution >= 0.6 is 11.9 Å². The molecular formula is C7H16N4S. The summed E-state index contributed by atoms with van der Waals surface area (Å²) in [6.45, 7) is 5.44. The first-order chi connectivity index (χ1) is 5.88. The minimum Gasteiger partial charge on any atom is -0.292 e. The summed E-state index contributed by atoms with van der Waals surface area (Å²) >= 11 is 1.76. The van der Waals surface area contributed by atoms with Gasteiger partial charge in [-0.1, -0.05) is 18.0 Å². The van der Waals surface area contributed by atoms with E-state index in [2.05, 4.69) is 26.8 Å². The minimum absolute atomic E-state index is 0.260. The van der Waals surface area contributed by atoms with E-state index < -0.39 is 0 Å². The third kappa shape index (κ3) is 2.76. The van der Waals surface area contributed by atoms with Crippen molar-refractivity contribution in [1.29, 1.82) is 0 Å². The van der Waals surface area contributed by atoms with Gasteiger partial charge in [-0.2, -0.15) is 0 Å². The summed E-state index contributed by atoms with van der Waals surface area (Å²) in [6, 6.07) is 0. The van der Waals surface area contributed by atoms with E-state index in [1.165, 1.54) is 0 Å². The molecule has 4 nitrogen and oxygen atoms in total. The Balaban J connectivity index is 2.30. The van der Waals surface area contributed by atoms with Crippen molar-refractivity contribution in [3.05, 3.63) is 12.7 Å². The van der Waals surface area contributed by atoms with Crippen LogP contribution in [0.25, 0.3) is 0 Å². The standard InChI is InChI=1S/C7H16N4S/c1-3-4-12-11-6-9-5-10-7(11)8-2/h3,7-10H,1,4-6H2,2H3. The van der Waals surface area contributed by atoms with Gasteiger partial charge in [-0.3, -0.25) is 16.0 Å². The summed E-state index contributed by atoms with van der Waals surface area (Å²) < 4.78 is 2.21. The van der Waals surface area contributed by atoms with Crippen molar-refractivity contribution in [2.75, 3.05) is 26.1 Å². The molecule has 1 saturated heterocycles. The van der Waals surface area contributed by atoms with Gasteiger partial charge in [-0.15, -0.1) is 6.58 Å². The molecular weight excluding hydrogens is 172 g/mol. The fourth-order valence-corrected chi connectivity index (χ4v) is 1.85. The maximum Gasteiger partial charge on any atom is 0.125 e. The monoisotopic (exact) mass is 188 g/mol. The topological polar surface area (TPSA) is 39.3 Å². The molecule has 0 aliphatic carbocycles. The van der Waals surface area contributed by atoms with E-state index in [0.29, 0.717) is 0 Å². The summed E-state index contributed by atoms with van der Waals surface area (Å²) in [5, 5.41) is 9.69. The van der Waals surface area contributed by atoms with Crippen LogP contribution in [0.2, 0.25) is 0 Å². The Morgan fingerprint density at radius 2 is 2.67 bits per heavy atom. The molecule has 1 rings (SSSR count). The lowest BCUT2D eigenvalue weighted by atomic mass is 10.6. The molecule has 0 spiro atoms. The highest BCUT2D eigenvalue weighted by molar-refractivity contribution is 7.97. The van der Waals surface area contributed by atoms with Gasteiger partial charge >= 0.3 is 0 Å². The van der Waals surface area contributed by atoms with Gasteiger partial charge in [-0.05, 0) is 7.05 Å². The van der Waals surface area contributed by atoms with Crippen LogP contribution in [0.3, 0.4) is 0 Å². The second-order valence-corrected chi connectivity index (χ2v) is 3.54. The largest absolute Gasteiger partial charge is 0.292 e. The number of nitrogens with zero attached hydrogens (tertiary/aromatic N) is 1. The second-order valence-electron chi connectivity index (χ2n) is 2.48. The molecule has 0 aromatic heterocycles. The molecule has 0 amide bonds. The van der Waals surface area contributed by atoms with Crippen LogP contribution in [0.4, 0.5) is 0 Å². The van der Waals surface area contributed by atoms with Crippen molar-refractivity contribution in [3.63, 3.8) is 0 Å². The van der Waals surface area contributed by atoms with Crippen molar-refractivity contribution in [2.45, 2.75) is 6.29 Å². The van der Waals surface area contributed by atoms with Gasteiger partial charge in [0.25, 0.3) is 0 Å². The molecule has 1 unspecified atom stereocenters. The summed E-state index contributed by atoms with van der Waals surface area (Å²) in [5.74, 6) is 0.946. The van der Waals surface area contributed by atoms with Crippen LogP contribution in [0, 0.1) is 0 Å². The molecule has 1 aliphatic rings. The molecule has 12 heavy (non-hydrogen) atoms. The van der Waals surface area contributed by atoms with Crippen LogP contribution in [0.1, 0.15) is 0 Å². The van der Waals surface area contributed by atoms with Crippen molar-refractivity contribution in [1.82, 2.24) is 20.3 Å². The maximum atomic E-state index is 3.69. The number of rotatable bonds is 4. The SMILES string of the molecule is C=CCSN1CNCNC1NC. The van der Waals surface area contributed by atoms with Gasteiger partial charge in [0.05, 0.1) is 6.67 Å². The summed E-state index contributed by atoms with van der Waals surface area (Å²) in [5.41, 5.74) is 0. The Morgan fingerprint density at radius 1 is 1.83 bits per heavy atom. The van der Waals surface area contributed by atoms with Gasteiger partial charge in [-0.25, -0.2) is 4.31 Å². The first kappa shape index (κ1) is 10.0. The normalized spacial score (nSPS) is 25.6. The molecule has 1 fully saturated rings. The molecule has 70 valence electrons. The summed E-state index contributed by atoms with van der Waals surface area (Å²) in [6.07, 6.45) is 2.17. The van der Waals surface area contributed by atoms with Crippen molar-refractivity contribution in [2.24, 2.45) is 0 Å². The van der Waals surface area contributed by atoms with E-state index in [-0.39, 0.29) is 6.29 Å². The third-order valence-corrected chi connectivity index (χ3v) is 2.66. The zero-order valence-corrected chi connectivity index (χ0v) is 8.16. The zero-order valence-electron chi connectivity index (χ0n) is 7.34. The molecule has 0 bridgehead atoms. The van der Waals surface area contributed by atoms with Crippen LogP contribution in [-0.4, -0.2) is 36.7 Å². The zero-order chi connectivity index (χ0) is 8.81. The molecule has 0 saturated carbocycles. The first-order valence-electron chi connectivity index (χ1n) is 4.00. The molecule has 0 aromatic carbocycles. The summed E-state index contributed by atoms with van der Waals surface area (Å²) in [4.78, 5) is 0. The third-order valence-electron chi connectivity index (χ3n) is 1.61. The number of hydrogen-bond donors (Lipinski definition) is 3. The second kappa shape index (κ2) is 5.55. The van der Waals surface area contributed by atoms with E-state index in [1.54, 1.807) is 11.9 Å². The highest BCUT2D eigenvalue weighted by Crippen LogP contribution is 2.11. The van der Waals surface area contributed by atoms with Crippen LogP contribution < -0.4 is 16.0 Å². The van der Waals surface area contributed by atoms with E-state index in [9.17, 15) is 0 Å². The quantitative estimate of drug-likeness (QED) is 0.418. The van der Waals surface area contributed by atoms with E-state index in [1.807, 2.05) is 13.1 Å². The maximum absolute atomic E-state index is 3.69. The van der Waals surface area contributed by atoms with E-state index in [4.69, 9.17) is 0 Å². The highest BCUT2D eigenvalue weighted by Gasteiger charge is 2.18. The molecule has 3 N–H and O–H groups in total. The van der Waals surface area contributed by atoms with Gasteiger partial charge in [0.2, 0.25) is 0 Å². The van der Waals surface area contributed by atoms with Gasteiger partial charge < -0.3 is 0 Å². The first-order valence-corrected chi connectivity index (χ1v) is 4.94. The summed E-state index contributed by atoms with van der Waals surface area (Å²) in [7, 11) is 1.95. The lowest BCUT2D eigenvalue weighted by molar-refractivity contribution is 0.197. The van der Waals surface area contributed by atoms with Crippen LogP contribution in [0.15, 0.2) is 12.7 Å². The molecule has 0 radical (unpaired) electrons. The molecule has 1 atom stereocenters. The average Bonchev–Trinajstić information content (AvgIpc) is 2.15. The predicted octanol–water partition coefficient (Wildman–Crippen LogP) is -0.267. The van der Waals surface area contributed by atoms with Gasteiger partial charge in [0, 0.05) is 12.4 Å². The van der Waals surface area contributed by atoms with Crippen LogP contribution in [0.5, 0.6) is 0 Å². The van der Waals surface area contributed by atoms with Gasteiger partial charge in [0.15, 0.2) is 0 Å². The van der Waals surface area contributed by atoms with E-state index in [0.717, 1.165) is 19.1 Å². The van der Waals surface area contributed by atoms with E-state index >= 15 is 0 Å². The molecule has 0 aromatic rings. The van der Waals surface area contributed by atoms with Crippen molar-refractivity contribution >= 4 is 11.9 Å². The lowest BCUT2D eigenvalue weighted by Crippen LogP contribution is -2.60. The lowest BCUT2D eigenvalue weighted by Gasteiger charge is -2.35. The smallest absolute Gasteiger partial charge is 0.125 e. The Morgan fingerprint density at radius 3 is 3.33 bits per heavy atom. The number of nitrogens with one attached hydrogen (secondary N) is 3. The Labute approximate surface area is 77.9 Å².